The molecule has 1 atom stereocenters. The van der Waals surface area contributed by atoms with Gasteiger partial charge in [0.2, 0.25) is 0 Å². The minimum absolute atomic E-state index is 0.156. The van der Waals surface area contributed by atoms with Crippen molar-refractivity contribution in [2.45, 2.75) is 58.0 Å². The lowest BCUT2D eigenvalue weighted by atomic mass is 9.83. The van der Waals surface area contributed by atoms with Crippen molar-refractivity contribution in [3.8, 4) is 0 Å². The van der Waals surface area contributed by atoms with E-state index in [-0.39, 0.29) is 5.54 Å². The average Bonchev–Trinajstić information content (AvgIpc) is 2.59. The van der Waals surface area contributed by atoms with Crippen LogP contribution >= 0.6 is 0 Å². The Hall–Kier alpha value is -0.930. The van der Waals surface area contributed by atoms with Crippen LogP contribution in [0.25, 0.3) is 0 Å². The van der Waals surface area contributed by atoms with Crippen LogP contribution in [-0.4, -0.2) is 29.0 Å². The first-order valence-corrected chi connectivity index (χ1v) is 7.78. The molecule has 1 aromatic heterocycles. The zero-order valence-corrected chi connectivity index (χ0v) is 13.2. The van der Waals surface area contributed by atoms with E-state index in [1.54, 1.807) is 0 Å². The van der Waals surface area contributed by atoms with Gasteiger partial charge in [0.05, 0.1) is 0 Å². The van der Waals surface area contributed by atoms with Gasteiger partial charge in [0.1, 0.15) is 0 Å². The fourth-order valence-electron chi connectivity index (χ4n) is 3.39. The van der Waals surface area contributed by atoms with Crippen LogP contribution in [0.4, 0.5) is 0 Å². The van der Waals surface area contributed by atoms with Crippen LogP contribution in [0.2, 0.25) is 0 Å². The highest BCUT2D eigenvalue weighted by atomic mass is 15.2. The molecule has 0 spiro atoms. The van der Waals surface area contributed by atoms with Gasteiger partial charge in [-0.25, -0.2) is 0 Å². The molecule has 1 unspecified atom stereocenters. The predicted molar refractivity (Wildman–Crippen MR) is 84.4 cm³/mol. The van der Waals surface area contributed by atoms with Crippen molar-refractivity contribution >= 4 is 0 Å². The molecule has 20 heavy (non-hydrogen) atoms. The van der Waals surface area contributed by atoms with Gasteiger partial charge in [-0.1, -0.05) is 26.3 Å². The van der Waals surface area contributed by atoms with Crippen LogP contribution < -0.4 is 5.73 Å². The summed E-state index contributed by atoms with van der Waals surface area (Å²) in [5.41, 5.74) is 8.08. The summed E-state index contributed by atoms with van der Waals surface area (Å²) in [7, 11) is 2.22. The highest BCUT2D eigenvalue weighted by Gasteiger charge is 2.37. The molecule has 0 aliphatic heterocycles. The number of nitrogens with two attached hydrogens (primary N) is 1. The Morgan fingerprint density at radius 3 is 2.70 bits per heavy atom. The molecule has 0 radical (unpaired) electrons. The van der Waals surface area contributed by atoms with Crippen molar-refractivity contribution < 1.29 is 0 Å². The van der Waals surface area contributed by atoms with Crippen LogP contribution in [0, 0.1) is 5.41 Å². The Labute approximate surface area is 123 Å². The van der Waals surface area contributed by atoms with Gasteiger partial charge in [0.25, 0.3) is 0 Å². The Bertz CT molecular complexity index is 416. The molecule has 112 valence electrons. The highest BCUT2D eigenvalue weighted by Crippen LogP contribution is 2.40. The SMILES string of the molecule is CN(Cc1cccnc1)C1(CN)CCCC(C)(C)CC1. The summed E-state index contributed by atoms with van der Waals surface area (Å²) in [6.45, 7) is 6.47. The van der Waals surface area contributed by atoms with Crippen LogP contribution in [0.5, 0.6) is 0 Å². The highest BCUT2D eigenvalue weighted by molar-refractivity contribution is 5.09. The molecule has 0 saturated heterocycles. The Morgan fingerprint density at radius 1 is 1.25 bits per heavy atom. The fraction of sp³-hybridized carbons (Fsp3) is 0.706. The first-order chi connectivity index (χ1) is 9.47. The van der Waals surface area contributed by atoms with Crippen LogP contribution in [-0.2, 0) is 6.54 Å². The third-order valence-electron chi connectivity index (χ3n) is 5.10. The number of nitrogens with zero attached hydrogens (tertiary/aromatic N) is 2. The Morgan fingerprint density at radius 2 is 2.05 bits per heavy atom. The van der Waals surface area contributed by atoms with Crippen molar-refractivity contribution in [3.05, 3.63) is 30.1 Å². The summed E-state index contributed by atoms with van der Waals surface area (Å²) < 4.78 is 0. The Balaban J connectivity index is 2.09. The van der Waals surface area contributed by atoms with Gasteiger partial charge in [0.15, 0.2) is 0 Å². The minimum Gasteiger partial charge on any atom is -0.329 e. The molecule has 1 saturated carbocycles. The molecule has 1 aliphatic rings. The van der Waals surface area contributed by atoms with Gasteiger partial charge < -0.3 is 5.73 Å². The lowest BCUT2D eigenvalue weighted by molar-refractivity contribution is 0.0960. The molecular formula is C17H29N3. The monoisotopic (exact) mass is 275 g/mol. The van der Waals surface area contributed by atoms with Crippen molar-refractivity contribution in [3.63, 3.8) is 0 Å². The van der Waals surface area contributed by atoms with Gasteiger partial charge in [-0.2, -0.15) is 0 Å². The van der Waals surface area contributed by atoms with Crippen LogP contribution in [0.15, 0.2) is 24.5 Å². The first-order valence-electron chi connectivity index (χ1n) is 7.78. The van der Waals surface area contributed by atoms with E-state index in [4.69, 9.17) is 5.73 Å². The molecule has 0 amide bonds. The molecule has 3 nitrogen and oxygen atoms in total. The number of pyridine rings is 1. The zero-order chi connectivity index (χ0) is 14.6. The van der Waals surface area contributed by atoms with Crippen molar-refractivity contribution in [1.29, 1.82) is 0 Å². The van der Waals surface area contributed by atoms with E-state index >= 15 is 0 Å². The fourth-order valence-corrected chi connectivity index (χ4v) is 3.39. The summed E-state index contributed by atoms with van der Waals surface area (Å²) >= 11 is 0. The average molecular weight is 275 g/mol. The van der Waals surface area contributed by atoms with E-state index in [1.165, 1.54) is 37.7 Å². The summed E-state index contributed by atoms with van der Waals surface area (Å²) in [5, 5.41) is 0. The third-order valence-corrected chi connectivity index (χ3v) is 5.10. The van der Waals surface area contributed by atoms with E-state index in [0.717, 1.165) is 13.1 Å². The number of hydrogen-bond donors (Lipinski definition) is 1. The van der Waals surface area contributed by atoms with Crippen molar-refractivity contribution in [2.75, 3.05) is 13.6 Å². The normalized spacial score (nSPS) is 26.4. The van der Waals surface area contributed by atoms with Gasteiger partial charge in [-0.3, -0.25) is 9.88 Å². The van der Waals surface area contributed by atoms with E-state index in [9.17, 15) is 0 Å². The van der Waals surface area contributed by atoms with Crippen LogP contribution in [0.1, 0.15) is 51.5 Å². The topological polar surface area (TPSA) is 42.2 Å². The van der Waals surface area contributed by atoms with E-state index < -0.39 is 0 Å². The lowest BCUT2D eigenvalue weighted by Crippen LogP contribution is -2.51. The maximum Gasteiger partial charge on any atom is 0.0332 e. The molecule has 0 aromatic carbocycles. The first kappa shape index (κ1) is 15.5. The summed E-state index contributed by atoms with van der Waals surface area (Å²) in [6, 6.07) is 4.16. The van der Waals surface area contributed by atoms with Crippen molar-refractivity contribution in [2.24, 2.45) is 11.1 Å². The number of likely N-dealkylation sites (N-methyl/N-ethyl adjacent to an activating group) is 1. The standard InChI is InChI=1S/C17H29N3/c1-16(2)7-5-8-17(14-18,10-9-16)20(3)13-15-6-4-11-19-12-15/h4,6,11-12H,5,7-10,13-14,18H2,1-3H3. The zero-order valence-electron chi connectivity index (χ0n) is 13.2. The third kappa shape index (κ3) is 3.58. The quantitative estimate of drug-likeness (QED) is 0.858. The largest absolute Gasteiger partial charge is 0.329 e. The second-order valence-electron chi connectivity index (χ2n) is 7.16. The molecule has 2 N–H and O–H groups in total. The van der Waals surface area contributed by atoms with Gasteiger partial charge >= 0.3 is 0 Å². The molecule has 1 fully saturated rings. The second kappa shape index (κ2) is 6.23. The van der Waals surface area contributed by atoms with Crippen molar-refractivity contribution in [1.82, 2.24) is 9.88 Å². The number of aromatic nitrogens is 1. The molecular weight excluding hydrogens is 246 g/mol. The maximum absolute atomic E-state index is 6.19. The number of rotatable bonds is 4. The van der Waals surface area contributed by atoms with E-state index in [0.29, 0.717) is 5.41 Å². The molecule has 1 aromatic rings. The molecule has 1 aliphatic carbocycles. The van der Waals surface area contributed by atoms with E-state index in [1.807, 2.05) is 18.5 Å². The van der Waals surface area contributed by atoms with Gasteiger partial charge in [-0.15, -0.1) is 0 Å². The molecule has 3 heteroatoms. The second-order valence-corrected chi connectivity index (χ2v) is 7.16. The summed E-state index contributed by atoms with van der Waals surface area (Å²) in [5.74, 6) is 0. The molecule has 0 bridgehead atoms. The predicted octanol–water partition coefficient (Wildman–Crippen LogP) is 3.20. The van der Waals surface area contributed by atoms with Gasteiger partial charge in [-0.05, 0) is 49.8 Å². The maximum atomic E-state index is 6.19. The van der Waals surface area contributed by atoms with Crippen LogP contribution in [0.3, 0.4) is 0 Å². The lowest BCUT2D eigenvalue weighted by Gasteiger charge is -2.41. The minimum atomic E-state index is 0.156. The summed E-state index contributed by atoms with van der Waals surface area (Å²) in [6.07, 6.45) is 10.1. The van der Waals surface area contributed by atoms with Gasteiger partial charge in [0, 0.05) is 31.0 Å². The smallest absolute Gasteiger partial charge is 0.0332 e. The molecule has 1 heterocycles. The summed E-state index contributed by atoms with van der Waals surface area (Å²) in [4.78, 5) is 6.68. The molecule has 2 rings (SSSR count). The van der Waals surface area contributed by atoms with E-state index in [2.05, 4.69) is 36.8 Å². The Kier molecular flexibility index (Phi) is 4.82. The number of hydrogen-bond acceptors (Lipinski definition) is 3.